The molecule has 0 unspecified atom stereocenters. The summed E-state index contributed by atoms with van der Waals surface area (Å²) >= 11 is 0. The molecule has 5 heteroatoms. The van der Waals surface area contributed by atoms with Crippen molar-refractivity contribution in [3.05, 3.63) is 77.9 Å². The number of hydrogen-bond donors (Lipinski definition) is 1. The Labute approximate surface area is 201 Å². The molecular formula is C29H32N2O3. The second-order valence-electron chi connectivity index (χ2n) is 9.67. The Bertz CT molecular complexity index is 1210. The summed E-state index contributed by atoms with van der Waals surface area (Å²) in [5.74, 6) is 1.08. The minimum Gasteiger partial charge on any atom is -0.496 e. The van der Waals surface area contributed by atoms with Gasteiger partial charge in [-0.2, -0.15) is 0 Å². The standard InChI is InChI=1S/C29H32N2O3/c1-34-26-11-5-4-9-24(26)25-10-6-18-31(25)28(33)15-17-29(16-14-27(32)30-29)20-21-12-13-22-7-2-3-8-23(22)19-21/h2-5,7-9,11-13,19,25H,6,10,14-18,20H2,1H3,(H,30,32)/t25-,29+/m0/s1. The van der Waals surface area contributed by atoms with Gasteiger partial charge in [-0.1, -0.05) is 60.7 Å². The van der Waals surface area contributed by atoms with E-state index in [0.717, 1.165) is 43.5 Å². The second-order valence-corrected chi connectivity index (χ2v) is 9.67. The first-order chi connectivity index (χ1) is 16.6. The summed E-state index contributed by atoms with van der Waals surface area (Å²) in [6, 6.07) is 22.9. The molecule has 2 atom stereocenters. The number of amides is 2. The lowest BCUT2D eigenvalue weighted by Crippen LogP contribution is -2.45. The molecule has 2 fully saturated rings. The van der Waals surface area contributed by atoms with E-state index in [-0.39, 0.29) is 23.4 Å². The van der Waals surface area contributed by atoms with Gasteiger partial charge in [-0.15, -0.1) is 0 Å². The third-order valence-corrected chi connectivity index (χ3v) is 7.48. The molecule has 0 spiro atoms. The molecule has 0 radical (unpaired) electrons. The van der Waals surface area contributed by atoms with Crippen LogP contribution in [0.2, 0.25) is 0 Å². The van der Waals surface area contributed by atoms with Gasteiger partial charge in [-0.25, -0.2) is 0 Å². The predicted molar refractivity (Wildman–Crippen MR) is 134 cm³/mol. The molecule has 2 amide bonds. The number of fused-ring (bicyclic) bond motifs is 1. The van der Waals surface area contributed by atoms with Crippen LogP contribution in [-0.4, -0.2) is 35.9 Å². The Morgan fingerprint density at radius 2 is 1.88 bits per heavy atom. The van der Waals surface area contributed by atoms with Crippen molar-refractivity contribution in [2.24, 2.45) is 0 Å². The van der Waals surface area contributed by atoms with E-state index >= 15 is 0 Å². The third-order valence-electron chi connectivity index (χ3n) is 7.48. The molecule has 0 bridgehead atoms. The van der Waals surface area contributed by atoms with E-state index in [1.807, 2.05) is 35.2 Å². The molecule has 1 N–H and O–H groups in total. The van der Waals surface area contributed by atoms with Crippen LogP contribution in [0.25, 0.3) is 10.8 Å². The number of rotatable bonds is 7. The van der Waals surface area contributed by atoms with Crippen molar-refractivity contribution in [1.82, 2.24) is 10.2 Å². The molecule has 2 heterocycles. The number of hydrogen-bond acceptors (Lipinski definition) is 3. The average Bonchev–Trinajstić information content (AvgIpc) is 3.50. The largest absolute Gasteiger partial charge is 0.496 e. The van der Waals surface area contributed by atoms with Crippen LogP contribution in [-0.2, 0) is 16.0 Å². The fourth-order valence-electron chi connectivity index (χ4n) is 5.74. The Morgan fingerprint density at radius 1 is 1.09 bits per heavy atom. The molecule has 2 saturated heterocycles. The Balaban J connectivity index is 1.31. The number of para-hydroxylation sites is 1. The van der Waals surface area contributed by atoms with Crippen LogP contribution in [0.5, 0.6) is 5.75 Å². The molecule has 3 aromatic carbocycles. The molecule has 0 aliphatic carbocycles. The number of nitrogens with one attached hydrogen (secondary N) is 1. The van der Waals surface area contributed by atoms with Crippen LogP contribution in [0, 0.1) is 0 Å². The number of methoxy groups -OCH3 is 1. The van der Waals surface area contributed by atoms with Crippen molar-refractivity contribution in [3.8, 4) is 5.75 Å². The topological polar surface area (TPSA) is 58.6 Å². The van der Waals surface area contributed by atoms with Gasteiger partial charge in [0, 0.05) is 30.5 Å². The minimum atomic E-state index is -0.366. The SMILES string of the molecule is COc1ccccc1[C@@H]1CCCN1C(=O)CC[C@@]1(Cc2ccc3ccccc3c2)CCC(=O)N1. The van der Waals surface area contributed by atoms with Crippen LogP contribution in [0.1, 0.15) is 55.7 Å². The molecule has 0 aromatic heterocycles. The molecule has 2 aliphatic rings. The minimum absolute atomic E-state index is 0.0539. The Morgan fingerprint density at radius 3 is 2.68 bits per heavy atom. The van der Waals surface area contributed by atoms with Crippen LogP contribution >= 0.6 is 0 Å². The fourth-order valence-corrected chi connectivity index (χ4v) is 5.74. The zero-order chi connectivity index (χ0) is 23.5. The van der Waals surface area contributed by atoms with E-state index < -0.39 is 0 Å². The molecule has 5 nitrogen and oxygen atoms in total. The maximum atomic E-state index is 13.4. The van der Waals surface area contributed by atoms with Crippen LogP contribution in [0.4, 0.5) is 0 Å². The number of carbonyl (C=O) groups excluding carboxylic acids is 2. The maximum absolute atomic E-state index is 13.4. The van der Waals surface area contributed by atoms with Crippen molar-refractivity contribution in [2.45, 2.75) is 56.5 Å². The van der Waals surface area contributed by atoms with E-state index in [4.69, 9.17) is 4.74 Å². The van der Waals surface area contributed by atoms with Gasteiger partial charge in [0.1, 0.15) is 5.75 Å². The summed E-state index contributed by atoms with van der Waals surface area (Å²) in [5.41, 5.74) is 1.91. The van der Waals surface area contributed by atoms with Crippen molar-refractivity contribution in [1.29, 1.82) is 0 Å². The summed E-state index contributed by atoms with van der Waals surface area (Å²) in [5, 5.41) is 5.65. The molecule has 0 saturated carbocycles. The first-order valence-corrected chi connectivity index (χ1v) is 12.3. The van der Waals surface area contributed by atoms with Crippen LogP contribution in [0.15, 0.2) is 66.7 Å². The zero-order valence-electron chi connectivity index (χ0n) is 19.8. The van der Waals surface area contributed by atoms with Gasteiger partial charge >= 0.3 is 0 Å². The highest BCUT2D eigenvalue weighted by atomic mass is 16.5. The summed E-state index contributed by atoms with van der Waals surface area (Å²) in [4.78, 5) is 27.7. The first-order valence-electron chi connectivity index (χ1n) is 12.3. The lowest BCUT2D eigenvalue weighted by Gasteiger charge is -2.31. The van der Waals surface area contributed by atoms with E-state index in [9.17, 15) is 9.59 Å². The van der Waals surface area contributed by atoms with Gasteiger partial charge < -0.3 is 15.0 Å². The van der Waals surface area contributed by atoms with Crippen LogP contribution in [0.3, 0.4) is 0 Å². The van der Waals surface area contributed by atoms with Gasteiger partial charge in [-0.3, -0.25) is 9.59 Å². The van der Waals surface area contributed by atoms with Crippen LogP contribution < -0.4 is 10.1 Å². The smallest absolute Gasteiger partial charge is 0.223 e. The van der Waals surface area contributed by atoms with E-state index in [1.165, 1.54) is 16.3 Å². The third kappa shape index (κ3) is 4.52. The average molecular weight is 457 g/mol. The van der Waals surface area contributed by atoms with Gasteiger partial charge in [0.2, 0.25) is 11.8 Å². The highest BCUT2D eigenvalue weighted by Crippen LogP contribution is 2.38. The lowest BCUT2D eigenvalue weighted by atomic mass is 9.84. The molecule has 3 aromatic rings. The number of ether oxygens (including phenoxy) is 1. The molecule has 34 heavy (non-hydrogen) atoms. The zero-order valence-corrected chi connectivity index (χ0v) is 19.8. The quantitative estimate of drug-likeness (QED) is 0.533. The Kier molecular flexibility index (Phi) is 6.27. The van der Waals surface area contributed by atoms with E-state index in [2.05, 4.69) is 41.7 Å². The lowest BCUT2D eigenvalue weighted by molar-refractivity contribution is -0.132. The molecule has 176 valence electrons. The van der Waals surface area contributed by atoms with E-state index in [0.29, 0.717) is 19.3 Å². The number of benzene rings is 3. The van der Waals surface area contributed by atoms with Crippen molar-refractivity contribution in [2.75, 3.05) is 13.7 Å². The predicted octanol–water partition coefficient (Wildman–Crippen LogP) is 5.18. The van der Waals surface area contributed by atoms with Crippen molar-refractivity contribution in [3.63, 3.8) is 0 Å². The summed E-state index contributed by atoms with van der Waals surface area (Å²) in [6.45, 7) is 0.769. The fraction of sp³-hybridized carbons (Fsp3) is 0.379. The number of carbonyl (C=O) groups is 2. The van der Waals surface area contributed by atoms with Crippen molar-refractivity contribution < 1.29 is 14.3 Å². The molecular weight excluding hydrogens is 424 g/mol. The first kappa shape index (κ1) is 22.5. The highest BCUT2D eigenvalue weighted by molar-refractivity contribution is 5.83. The summed E-state index contributed by atoms with van der Waals surface area (Å²) in [7, 11) is 1.68. The second kappa shape index (κ2) is 9.49. The molecule has 5 rings (SSSR count). The summed E-state index contributed by atoms with van der Waals surface area (Å²) in [6.07, 6.45) is 5.06. The Hall–Kier alpha value is -3.34. The van der Waals surface area contributed by atoms with Crippen molar-refractivity contribution >= 4 is 22.6 Å². The van der Waals surface area contributed by atoms with E-state index in [1.54, 1.807) is 7.11 Å². The highest BCUT2D eigenvalue weighted by Gasteiger charge is 2.39. The van der Waals surface area contributed by atoms with Gasteiger partial charge in [0.05, 0.1) is 13.2 Å². The van der Waals surface area contributed by atoms with Gasteiger partial charge in [0.15, 0.2) is 0 Å². The molecule has 2 aliphatic heterocycles. The number of likely N-dealkylation sites (tertiary alicyclic amines) is 1. The monoisotopic (exact) mass is 456 g/mol. The van der Waals surface area contributed by atoms with Gasteiger partial charge in [-0.05, 0) is 54.5 Å². The maximum Gasteiger partial charge on any atom is 0.223 e. The summed E-state index contributed by atoms with van der Waals surface area (Å²) < 4.78 is 5.57. The normalized spacial score (nSPS) is 22.2. The van der Waals surface area contributed by atoms with Gasteiger partial charge in [0.25, 0.3) is 0 Å². The number of nitrogens with zero attached hydrogens (tertiary/aromatic N) is 1.